The molecular formula is C20H19ClF3N5O. The lowest BCUT2D eigenvalue weighted by Gasteiger charge is -2.20. The molecule has 2 aromatic carbocycles. The number of nitrogens with two attached hydrogens (primary N) is 1. The van der Waals surface area contributed by atoms with Crippen LogP contribution in [0.15, 0.2) is 48.8 Å². The van der Waals surface area contributed by atoms with Crippen LogP contribution >= 0.6 is 11.6 Å². The van der Waals surface area contributed by atoms with Crippen molar-refractivity contribution >= 4 is 17.5 Å². The first-order chi connectivity index (χ1) is 14.2. The molecule has 6 nitrogen and oxygen atoms in total. The van der Waals surface area contributed by atoms with Crippen molar-refractivity contribution in [3.05, 3.63) is 70.5 Å². The first kappa shape index (κ1) is 21.8. The number of carbonyl (C=O) groups excluding carboxylic acids is 1. The molecule has 0 bridgehead atoms. The maximum Gasteiger partial charge on any atom is 0.416 e. The Balaban J connectivity index is 1.77. The van der Waals surface area contributed by atoms with Gasteiger partial charge in [0.1, 0.15) is 6.33 Å². The zero-order valence-electron chi connectivity index (χ0n) is 15.9. The number of aryl methyl sites for hydroxylation is 1. The van der Waals surface area contributed by atoms with E-state index in [1.807, 2.05) is 0 Å². The molecule has 158 valence electrons. The summed E-state index contributed by atoms with van der Waals surface area (Å²) in [4.78, 5) is 16.7. The molecule has 3 aromatic rings. The van der Waals surface area contributed by atoms with Gasteiger partial charge in [-0.2, -0.15) is 18.3 Å². The van der Waals surface area contributed by atoms with Crippen LogP contribution in [0, 0.1) is 0 Å². The standard InChI is InChI=1S/C20H19ClF3N5O/c1-29-18(26-11-27-29)15-7-6-13(9-17(15)21)19(30)28-14(10-25)8-12-4-2-3-5-16(12)20(22,23)24/h2-7,9,11,14H,8,10,25H2,1H3,(H,28,30)/t14-/m0/s1. The van der Waals surface area contributed by atoms with Crippen LogP contribution in [0.5, 0.6) is 0 Å². The molecule has 1 aromatic heterocycles. The van der Waals surface area contributed by atoms with Gasteiger partial charge in [0.2, 0.25) is 0 Å². The topological polar surface area (TPSA) is 85.8 Å². The molecule has 3 rings (SSSR count). The second kappa shape index (κ2) is 8.85. The summed E-state index contributed by atoms with van der Waals surface area (Å²) in [5.74, 6) is 0.0527. The molecule has 0 saturated heterocycles. The first-order valence-corrected chi connectivity index (χ1v) is 9.38. The van der Waals surface area contributed by atoms with E-state index in [0.29, 0.717) is 16.4 Å². The van der Waals surface area contributed by atoms with Gasteiger partial charge in [0.05, 0.1) is 10.6 Å². The monoisotopic (exact) mass is 437 g/mol. The average molecular weight is 438 g/mol. The van der Waals surface area contributed by atoms with Gasteiger partial charge in [-0.1, -0.05) is 29.8 Å². The molecule has 1 amide bonds. The first-order valence-electron chi connectivity index (χ1n) is 9.00. The Hall–Kier alpha value is -2.91. The lowest BCUT2D eigenvalue weighted by atomic mass is 9.99. The predicted octanol–water partition coefficient (Wildman–Crippen LogP) is 3.45. The minimum absolute atomic E-state index is 0.0251. The molecule has 3 N–H and O–H groups in total. The highest BCUT2D eigenvalue weighted by atomic mass is 35.5. The van der Waals surface area contributed by atoms with Crippen LogP contribution in [0.4, 0.5) is 13.2 Å². The molecule has 30 heavy (non-hydrogen) atoms. The van der Waals surface area contributed by atoms with E-state index in [0.717, 1.165) is 6.07 Å². The Bertz CT molecular complexity index is 1050. The van der Waals surface area contributed by atoms with Crippen LogP contribution in [0.1, 0.15) is 21.5 Å². The lowest BCUT2D eigenvalue weighted by Crippen LogP contribution is -2.42. The summed E-state index contributed by atoms with van der Waals surface area (Å²) in [5.41, 5.74) is 5.88. The Morgan fingerprint density at radius 2 is 2.00 bits per heavy atom. The van der Waals surface area contributed by atoms with E-state index >= 15 is 0 Å². The molecule has 0 aliphatic rings. The van der Waals surface area contributed by atoms with Crippen LogP contribution in [-0.2, 0) is 19.6 Å². The smallest absolute Gasteiger partial charge is 0.348 e. The molecule has 0 fully saturated rings. The highest BCUT2D eigenvalue weighted by Crippen LogP contribution is 2.32. The maximum absolute atomic E-state index is 13.2. The van der Waals surface area contributed by atoms with Crippen molar-refractivity contribution in [3.8, 4) is 11.4 Å². The Labute approximate surface area is 175 Å². The quantitative estimate of drug-likeness (QED) is 0.618. The van der Waals surface area contributed by atoms with Gasteiger partial charge in [-0.25, -0.2) is 9.67 Å². The van der Waals surface area contributed by atoms with E-state index in [1.54, 1.807) is 23.9 Å². The minimum atomic E-state index is -4.48. The van der Waals surface area contributed by atoms with Crippen molar-refractivity contribution in [1.82, 2.24) is 20.1 Å². The minimum Gasteiger partial charge on any atom is -0.348 e. The van der Waals surface area contributed by atoms with E-state index in [9.17, 15) is 18.0 Å². The van der Waals surface area contributed by atoms with E-state index in [2.05, 4.69) is 15.4 Å². The van der Waals surface area contributed by atoms with Crippen LogP contribution in [-0.4, -0.2) is 33.3 Å². The summed E-state index contributed by atoms with van der Waals surface area (Å²) in [7, 11) is 1.71. The molecule has 0 unspecified atom stereocenters. The summed E-state index contributed by atoms with van der Waals surface area (Å²) in [6, 6.07) is 9.21. The number of amides is 1. The van der Waals surface area contributed by atoms with Gasteiger partial charge >= 0.3 is 6.18 Å². The zero-order chi connectivity index (χ0) is 21.9. The fourth-order valence-corrected chi connectivity index (χ4v) is 3.35. The predicted molar refractivity (Wildman–Crippen MR) is 107 cm³/mol. The molecule has 0 aliphatic heterocycles. The summed E-state index contributed by atoms with van der Waals surface area (Å²) < 4.78 is 41.2. The fraction of sp³-hybridized carbons (Fsp3) is 0.250. The summed E-state index contributed by atoms with van der Waals surface area (Å²) in [5, 5.41) is 6.96. The number of hydrogen-bond donors (Lipinski definition) is 2. The van der Waals surface area contributed by atoms with Crippen LogP contribution in [0.25, 0.3) is 11.4 Å². The van der Waals surface area contributed by atoms with Crippen LogP contribution < -0.4 is 11.1 Å². The number of benzene rings is 2. The largest absolute Gasteiger partial charge is 0.416 e. The van der Waals surface area contributed by atoms with Crippen molar-refractivity contribution < 1.29 is 18.0 Å². The average Bonchev–Trinajstić information content (AvgIpc) is 3.12. The van der Waals surface area contributed by atoms with E-state index in [4.69, 9.17) is 17.3 Å². The molecule has 1 atom stereocenters. The zero-order valence-corrected chi connectivity index (χ0v) is 16.7. The van der Waals surface area contributed by atoms with Gasteiger partial charge in [0, 0.05) is 30.8 Å². The molecule has 0 aliphatic carbocycles. The van der Waals surface area contributed by atoms with Gasteiger partial charge in [-0.3, -0.25) is 4.79 Å². The fourth-order valence-electron chi connectivity index (χ4n) is 3.08. The van der Waals surface area contributed by atoms with Crippen molar-refractivity contribution in [2.24, 2.45) is 12.8 Å². The SMILES string of the molecule is Cn1ncnc1-c1ccc(C(=O)N[C@H](CN)Cc2ccccc2C(F)(F)F)cc1Cl. The third kappa shape index (κ3) is 4.80. The molecular weight excluding hydrogens is 419 g/mol. The molecule has 0 saturated carbocycles. The Morgan fingerprint density at radius 1 is 1.27 bits per heavy atom. The summed E-state index contributed by atoms with van der Waals surface area (Å²) in [6.07, 6.45) is -3.15. The summed E-state index contributed by atoms with van der Waals surface area (Å²) in [6.45, 7) is -0.0251. The number of alkyl halides is 3. The molecule has 0 spiro atoms. The van der Waals surface area contributed by atoms with Gasteiger partial charge in [-0.15, -0.1) is 0 Å². The number of hydrogen-bond acceptors (Lipinski definition) is 4. The second-order valence-corrected chi connectivity index (χ2v) is 7.07. The number of nitrogens with one attached hydrogen (secondary N) is 1. The second-order valence-electron chi connectivity index (χ2n) is 6.67. The van der Waals surface area contributed by atoms with Gasteiger partial charge in [0.25, 0.3) is 5.91 Å². The number of aromatic nitrogens is 3. The number of rotatable bonds is 6. The molecule has 1 heterocycles. The van der Waals surface area contributed by atoms with Gasteiger partial charge in [-0.05, 0) is 36.2 Å². The van der Waals surface area contributed by atoms with Gasteiger partial charge in [0.15, 0.2) is 5.82 Å². The van der Waals surface area contributed by atoms with E-state index < -0.39 is 23.7 Å². The van der Waals surface area contributed by atoms with E-state index in [1.165, 1.54) is 30.6 Å². The van der Waals surface area contributed by atoms with Gasteiger partial charge < -0.3 is 11.1 Å². The normalized spacial score (nSPS) is 12.6. The lowest BCUT2D eigenvalue weighted by molar-refractivity contribution is -0.138. The number of carbonyl (C=O) groups is 1. The van der Waals surface area contributed by atoms with E-state index in [-0.39, 0.29) is 24.1 Å². The Kier molecular flexibility index (Phi) is 6.42. The van der Waals surface area contributed by atoms with Crippen LogP contribution in [0.2, 0.25) is 5.02 Å². The number of halogens is 4. The van der Waals surface area contributed by atoms with Crippen molar-refractivity contribution in [3.63, 3.8) is 0 Å². The number of nitrogens with zero attached hydrogens (tertiary/aromatic N) is 3. The van der Waals surface area contributed by atoms with Crippen molar-refractivity contribution in [2.45, 2.75) is 18.6 Å². The maximum atomic E-state index is 13.2. The Morgan fingerprint density at radius 3 is 2.60 bits per heavy atom. The summed E-state index contributed by atoms with van der Waals surface area (Å²) >= 11 is 6.30. The molecule has 0 radical (unpaired) electrons. The highest BCUT2D eigenvalue weighted by molar-refractivity contribution is 6.33. The van der Waals surface area contributed by atoms with Crippen LogP contribution in [0.3, 0.4) is 0 Å². The molecule has 10 heteroatoms. The third-order valence-electron chi connectivity index (χ3n) is 4.59. The highest BCUT2D eigenvalue weighted by Gasteiger charge is 2.33. The van der Waals surface area contributed by atoms with Crippen molar-refractivity contribution in [1.29, 1.82) is 0 Å². The third-order valence-corrected chi connectivity index (χ3v) is 4.91. The van der Waals surface area contributed by atoms with Crippen molar-refractivity contribution in [2.75, 3.05) is 6.54 Å².